The van der Waals surface area contributed by atoms with Gasteiger partial charge in [0.25, 0.3) is 5.91 Å². The van der Waals surface area contributed by atoms with Crippen molar-refractivity contribution in [3.05, 3.63) is 47.0 Å². The molecule has 0 aliphatic carbocycles. The average molecular weight is 247 g/mol. The van der Waals surface area contributed by atoms with Gasteiger partial charge in [-0.2, -0.15) is 5.10 Å². The zero-order chi connectivity index (χ0) is 13.3. The Bertz CT molecular complexity index is 604. The summed E-state index contributed by atoms with van der Waals surface area (Å²) in [4.78, 5) is 12.0. The number of nitrogens with zero attached hydrogens (tertiary/aromatic N) is 2. The number of carbonyl (C=O) groups excluding carboxylic acids is 1. The minimum Gasteiger partial charge on any atom is -0.319 e. The number of hydrogen-bond acceptors (Lipinski definition) is 2. The van der Waals surface area contributed by atoms with Crippen molar-refractivity contribution in [1.29, 1.82) is 0 Å². The minimum atomic E-state index is -0.533. The average Bonchev–Trinajstić information content (AvgIpc) is 2.56. The van der Waals surface area contributed by atoms with Crippen LogP contribution in [0.5, 0.6) is 0 Å². The fourth-order valence-corrected chi connectivity index (χ4v) is 1.78. The summed E-state index contributed by atoms with van der Waals surface area (Å²) in [6, 6.07) is 5.89. The van der Waals surface area contributed by atoms with E-state index in [1.54, 1.807) is 30.8 Å². The van der Waals surface area contributed by atoms with Crippen molar-refractivity contribution in [3.63, 3.8) is 0 Å². The first-order valence-electron chi connectivity index (χ1n) is 5.56. The van der Waals surface area contributed by atoms with Gasteiger partial charge in [0.05, 0.1) is 22.6 Å². The Balaban J connectivity index is 2.30. The second-order valence-corrected chi connectivity index (χ2v) is 4.10. The highest BCUT2D eigenvalue weighted by molar-refractivity contribution is 6.05. The molecule has 0 aliphatic heterocycles. The van der Waals surface area contributed by atoms with Gasteiger partial charge < -0.3 is 5.32 Å². The lowest BCUT2D eigenvalue weighted by molar-refractivity contribution is 0.102. The number of nitrogens with one attached hydrogen (secondary N) is 1. The Kier molecular flexibility index (Phi) is 3.14. The number of anilines is 1. The number of amides is 1. The third-order valence-corrected chi connectivity index (χ3v) is 2.87. The SMILES string of the molecule is Cc1nn(C)c(C)c1NC(=O)c1ccccc1F. The van der Waals surface area contributed by atoms with Crippen LogP contribution in [-0.4, -0.2) is 15.7 Å². The molecule has 0 radical (unpaired) electrons. The van der Waals surface area contributed by atoms with Crippen LogP contribution in [-0.2, 0) is 7.05 Å². The number of hydrogen-bond donors (Lipinski definition) is 1. The van der Waals surface area contributed by atoms with Crippen LogP contribution in [0.3, 0.4) is 0 Å². The van der Waals surface area contributed by atoms with Crippen molar-refractivity contribution >= 4 is 11.6 Å². The van der Waals surface area contributed by atoms with Gasteiger partial charge in [-0.15, -0.1) is 0 Å². The van der Waals surface area contributed by atoms with Gasteiger partial charge in [0.2, 0.25) is 0 Å². The van der Waals surface area contributed by atoms with E-state index in [0.29, 0.717) is 11.4 Å². The number of rotatable bonds is 2. The zero-order valence-corrected chi connectivity index (χ0v) is 10.5. The Morgan fingerprint density at radius 3 is 2.56 bits per heavy atom. The topological polar surface area (TPSA) is 46.9 Å². The van der Waals surface area contributed by atoms with E-state index in [1.165, 1.54) is 12.1 Å². The molecule has 0 fully saturated rings. The smallest absolute Gasteiger partial charge is 0.258 e. The minimum absolute atomic E-state index is 0.0279. The Labute approximate surface area is 104 Å². The maximum absolute atomic E-state index is 13.5. The van der Waals surface area contributed by atoms with Gasteiger partial charge in [0.15, 0.2) is 0 Å². The first-order chi connectivity index (χ1) is 8.50. The summed E-state index contributed by atoms with van der Waals surface area (Å²) in [5.41, 5.74) is 2.20. The molecule has 2 rings (SSSR count). The van der Waals surface area contributed by atoms with Crippen molar-refractivity contribution in [1.82, 2.24) is 9.78 Å². The van der Waals surface area contributed by atoms with E-state index in [-0.39, 0.29) is 5.56 Å². The van der Waals surface area contributed by atoms with Crippen LogP contribution in [0.15, 0.2) is 24.3 Å². The molecule has 0 saturated heterocycles. The molecular weight excluding hydrogens is 233 g/mol. The number of aromatic nitrogens is 2. The predicted molar refractivity (Wildman–Crippen MR) is 67.0 cm³/mol. The first-order valence-corrected chi connectivity index (χ1v) is 5.56. The Morgan fingerprint density at radius 2 is 2.00 bits per heavy atom. The monoisotopic (exact) mass is 247 g/mol. The van der Waals surface area contributed by atoms with E-state index in [1.807, 2.05) is 6.92 Å². The molecule has 0 aliphatic rings. The molecule has 0 bridgehead atoms. The molecule has 2 aromatic rings. The summed E-state index contributed by atoms with van der Waals surface area (Å²) in [6.45, 7) is 3.64. The van der Waals surface area contributed by atoms with Crippen LogP contribution in [0.1, 0.15) is 21.7 Å². The second-order valence-electron chi connectivity index (χ2n) is 4.10. The van der Waals surface area contributed by atoms with Crippen molar-refractivity contribution < 1.29 is 9.18 Å². The van der Waals surface area contributed by atoms with Crippen LogP contribution in [0.2, 0.25) is 0 Å². The van der Waals surface area contributed by atoms with Crippen molar-refractivity contribution in [3.8, 4) is 0 Å². The molecule has 1 amide bonds. The van der Waals surface area contributed by atoms with Gasteiger partial charge >= 0.3 is 0 Å². The van der Waals surface area contributed by atoms with E-state index >= 15 is 0 Å². The molecule has 1 N–H and O–H groups in total. The molecule has 0 saturated carbocycles. The number of aryl methyl sites for hydroxylation is 2. The lowest BCUT2D eigenvalue weighted by Gasteiger charge is -2.06. The second kappa shape index (κ2) is 4.60. The summed E-state index contributed by atoms with van der Waals surface area (Å²) >= 11 is 0. The number of benzene rings is 1. The highest BCUT2D eigenvalue weighted by Gasteiger charge is 2.15. The third kappa shape index (κ3) is 2.11. The Morgan fingerprint density at radius 1 is 1.33 bits per heavy atom. The lowest BCUT2D eigenvalue weighted by atomic mass is 10.2. The van der Waals surface area contributed by atoms with Crippen LogP contribution >= 0.6 is 0 Å². The molecular formula is C13H14FN3O. The summed E-state index contributed by atoms with van der Waals surface area (Å²) in [6.07, 6.45) is 0. The quantitative estimate of drug-likeness (QED) is 0.886. The van der Waals surface area contributed by atoms with Crippen LogP contribution < -0.4 is 5.32 Å². The molecule has 5 heteroatoms. The fraction of sp³-hybridized carbons (Fsp3) is 0.231. The van der Waals surface area contributed by atoms with Crippen LogP contribution in [0, 0.1) is 19.7 Å². The van der Waals surface area contributed by atoms with Gasteiger partial charge in [0, 0.05) is 7.05 Å². The zero-order valence-electron chi connectivity index (χ0n) is 10.5. The summed E-state index contributed by atoms with van der Waals surface area (Å²) in [7, 11) is 1.79. The molecule has 18 heavy (non-hydrogen) atoms. The maximum atomic E-state index is 13.5. The van der Waals surface area contributed by atoms with Crippen LogP contribution in [0.25, 0.3) is 0 Å². The Hall–Kier alpha value is -2.17. The van der Waals surface area contributed by atoms with Gasteiger partial charge in [-0.25, -0.2) is 4.39 Å². The van der Waals surface area contributed by atoms with Crippen molar-refractivity contribution in [2.24, 2.45) is 7.05 Å². The normalized spacial score (nSPS) is 10.4. The van der Waals surface area contributed by atoms with E-state index in [4.69, 9.17) is 0 Å². The largest absolute Gasteiger partial charge is 0.319 e. The molecule has 1 aromatic heterocycles. The van der Waals surface area contributed by atoms with E-state index in [2.05, 4.69) is 10.4 Å². The molecule has 4 nitrogen and oxygen atoms in total. The highest BCUT2D eigenvalue weighted by atomic mass is 19.1. The van der Waals surface area contributed by atoms with E-state index in [9.17, 15) is 9.18 Å². The van der Waals surface area contributed by atoms with Crippen LogP contribution in [0.4, 0.5) is 10.1 Å². The summed E-state index contributed by atoms with van der Waals surface area (Å²) < 4.78 is 15.1. The molecule has 0 atom stereocenters. The lowest BCUT2D eigenvalue weighted by Crippen LogP contribution is -2.14. The van der Waals surface area contributed by atoms with Gasteiger partial charge in [-0.05, 0) is 26.0 Å². The molecule has 1 heterocycles. The molecule has 0 unspecified atom stereocenters. The van der Waals surface area contributed by atoms with Gasteiger partial charge in [0.1, 0.15) is 5.82 Å². The third-order valence-electron chi connectivity index (χ3n) is 2.87. The first kappa shape index (κ1) is 12.3. The highest BCUT2D eigenvalue weighted by Crippen LogP contribution is 2.19. The number of halogens is 1. The van der Waals surface area contributed by atoms with Gasteiger partial charge in [-0.1, -0.05) is 12.1 Å². The van der Waals surface area contributed by atoms with Gasteiger partial charge in [-0.3, -0.25) is 9.48 Å². The standard InChI is InChI=1S/C13H14FN3O/c1-8-12(9(2)17(3)16-8)15-13(18)10-6-4-5-7-11(10)14/h4-7H,1-3H3,(H,15,18). The maximum Gasteiger partial charge on any atom is 0.258 e. The summed E-state index contributed by atoms with van der Waals surface area (Å²) in [5.74, 6) is -0.999. The molecule has 94 valence electrons. The van der Waals surface area contributed by atoms with E-state index < -0.39 is 11.7 Å². The number of carbonyl (C=O) groups is 1. The molecule has 0 spiro atoms. The predicted octanol–water partition coefficient (Wildman–Crippen LogP) is 2.43. The van der Waals surface area contributed by atoms with Crippen molar-refractivity contribution in [2.75, 3.05) is 5.32 Å². The van der Waals surface area contributed by atoms with E-state index in [0.717, 1.165) is 5.69 Å². The fourth-order valence-electron chi connectivity index (χ4n) is 1.78. The molecule has 1 aromatic carbocycles. The summed E-state index contributed by atoms with van der Waals surface area (Å²) in [5, 5.41) is 6.88. The van der Waals surface area contributed by atoms with Crippen molar-refractivity contribution in [2.45, 2.75) is 13.8 Å².